The van der Waals surface area contributed by atoms with Crippen molar-refractivity contribution in [2.24, 2.45) is 5.73 Å². The van der Waals surface area contributed by atoms with Gasteiger partial charge in [-0.3, -0.25) is 0 Å². The second kappa shape index (κ2) is 11.5. The van der Waals surface area contributed by atoms with E-state index in [1.54, 1.807) is 12.1 Å². The van der Waals surface area contributed by atoms with Gasteiger partial charge >= 0.3 is 5.97 Å². The maximum Gasteiger partial charge on any atom is 0.330 e. The molecule has 2 aromatic carbocycles. The average Bonchev–Trinajstić information content (AvgIpc) is 2.81. The molecule has 0 heterocycles. The lowest BCUT2D eigenvalue weighted by Crippen LogP contribution is -2.37. The second-order valence-electron chi connectivity index (χ2n) is 6.75. The minimum Gasteiger partial charge on any atom is -0.496 e. The predicted molar refractivity (Wildman–Crippen MR) is 121 cm³/mol. The van der Waals surface area contributed by atoms with E-state index in [-0.39, 0.29) is 17.3 Å². The van der Waals surface area contributed by atoms with Crippen LogP contribution >= 0.6 is 0 Å². The van der Waals surface area contributed by atoms with Crippen LogP contribution in [0.5, 0.6) is 28.7 Å². The van der Waals surface area contributed by atoms with Gasteiger partial charge in [-0.25, -0.2) is 13.2 Å². The number of carbonyl (C=O) groups excluding carboxylic acids is 1. The van der Waals surface area contributed by atoms with E-state index in [9.17, 15) is 13.2 Å². The summed E-state index contributed by atoms with van der Waals surface area (Å²) in [5.74, 6) is 0.164. The van der Waals surface area contributed by atoms with Gasteiger partial charge in [0.05, 0.1) is 46.4 Å². The number of aliphatic hydroxyl groups excluding tert-OH is 1. The molecular weight excluding hydrogens is 454 g/mol. The number of methoxy groups -OCH3 is 4. The van der Waals surface area contributed by atoms with Crippen molar-refractivity contribution in [2.45, 2.75) is 11.8 Å². The van der Waals surface area contributed by atoms with Gasteiger partial charge in [-0.2, -0.15) is 0 Å². The van der Waals surface area contributed by atoms with Crippen LogP contribution in [-0.2, 0) is 20.4 Å². The fraction of sp³-hybridized carbons (Fsp3) is 0.318. The first kappa shape index (κ1) is 26.0. The van der Waals surface area contributed by atoms with E-state index in [2.05, 4.69) is 0 Å². The van der Waals surface area contributed by atoms with Crippen LogP contribution in [0.4, 0.5) is 0 Å². The SMILES string of the molecule is COc1cc(OC)c(/C=C/S(=O)(=O)Cc2ccc(OC)c(OC(=O)[C@H](N)CO)c2)c(OC)c1. The molecular formula is C22H27NO9S. The Bertz CT molecular complexity index is 1090. The van der Waals surface area contributed by atoms with Crippen LogP contribution in [-0.4, -0.2) is 60.6 Å². The van der Waals surface area contributed by atoms with E-state index in [1.807, 2.05) is 0 Å². The summed E-state index contributed by atoms with van der Waals surface area (Å²) in [4.78, 5) is 11.9. The molecule has 0 unspecified atom stereocenters. The third kappa shape index (κ3) is 6.85. The fourth-order valence-corrected chi connectivity index (χ4v) is 3.88. The molecule has 0 bridgehead atoms. The van der Waals surface area contributed by atoms with Crippen molar-refractivity contribution in [1.82, 2.24) is 0 Å². The molecule has 0 aliphatic heterocycles. The second-order valence-corrected chi connectivity index (χ2v) is 8.64. The molecule has 3 N–H and O–H groups in total. The zero-order valence-electron chi connectivity index (χ0n) is 18.7. The van der Waals surface area contributed by atoms with E-state index >= 15 is 0 Å². The normalized spacial score (nSPS) is 12.3. The fourth-order valence-electron chi connectivity index (χ4n) is 2.80. The number of carbonyl (C=O) groups is 1. The first-order valence-electron chi connectivity index (χ1n) is 9.63. The summed E-state index contributed by atoms with van der Waals surface area (Å²) < 4.78 is 51.6. The number of aliphatic hydroxyl groups is 1. The Balaban J connectivity index is 2.32. The zero-order valence-corrected chi connectivity index (χ0v) is 19.5. The molecule has 33 heavy (non-hydrogen) atoms. The van der Waals surface area contributed by atoms with Gasteiger partial charge in [-0.1, -0.05) is 6.07 Å². The lowest BCUT2D eigenvalue weighted by atomic mass is 10.1. The number of hydrogen-bond donors (Lipinski definition) is 2. The van der Waals surface area contributed by atoms with Crippen molar-refractivity contribution in [3.05, 3.63) is 46.9 Å². The minimum atomic E-state index is -3.75. The Morgan fingerprint density at radius 2 is 1.58 bits per heavy atom. The van der Waals surface area contributed by atoms with Crippen molar-refractivity contribution in [3.63, 3.8) is 0 Å². The third-order valence-corrected chi connectivity index (χ3v) is 5.79. The van der Waals surface area contributed by atoms with Crippen LogP contribution in [0.15, 0.2) is 35.7 Å². The number of hydrogen-bond acceptors (Lipinski definition) is 10. The molecule has 0 fully saturated rings. The third-order valence-electron chi connectivity index (χ3n) is 4.50. The average molecular weight is 482 g/mol. The molecule has 0 saturated carbocycles. The topological polar surface area (TPSA) is 144 Å². The summed E-state index contributed by atoms with van der Waals surface area (Å²) in [7, 11) is 2.00. The predicted octanol–water partition coefficient (Wildman–Crippen LogP) is 1.53. The summed E-state index contributed by atoms with van der Waals surface area (Å²) in [5.41, 5.74) is 6.22. The van der Waals surface area contributed by atoms with Crippen molar-refractivity contribution in [2.75, 3.05) is 35.0 Å². The number of benzene rings is 2. The van der Waals surface area contributed by atoms with Gasteiger partial charge < -0.3 is 34.5 Å². The van der Waals surface area contributed by atoms with Crippen LogP contribution < -0.4 is 29.4 Å². The zero-order chi connectivity index (χ0) is 24.6. The van der Waals surface area contributed by atoms with Crippen LogP contribution in [0.1, 0.15) is 11.1 Å². The van der Waals surface area contributed by atoms with E-state index < -0.39 is 28.5 Å². The van der Waals surface area contributed by atoms with Crippen LogP contribution in [0.2, 0.25) is 0 Å². The van der Waals surface area contributed by atoms with Gasteiger partial charge in [0.15, 0.2) is 21.3 Å². The largest absolute Gasteiger partial charge is 0.496 e. The highest BCUT2D eigenvalue weighted by atomic mass is 32.2. The molecule has 0 saturated heterocycles. The molecule has 0 radical (unpaired) electrons. The van der Waals surface area contributed by atoms with Crippen molar-refractivity contribution in [1.29, 1.82) is 0 Å². The number of esters is 1. The lowest BCUT2D eigenvalue weighted by molar-refractivity contribution is -0.136. The van der Waals surface area contributed by atoms with Gasteiger partial charge in [0, 0.05) is 17.5 Å². The summed E-state index contributed by atoms with van der Waals surface area (Å²) in [6, 6.07) is 6.34. The molecule has 10 nitrogen and oxygen atoms in total. The monoisotopic (exact) mass is 481 g/mol. The van der Waals surface area contributed by atoms with Crippen molar-refractivity contribution in [3.8, 4) is 28.7 Å². The molecule has 11 heteroatoms. The molecule has 2 rings (SSSR count). The quantitative estimate of drug-likeness (QED) is 0.358. The van der Waals surface area contributed by atoms with Crippen molar-refractivity contribution >= 4 is 21.9 Å². The van der Waals surface area contributed by atoms with Gasteiger partial charge in [-0.15, -0.1) is 0 Å². The lowest BCUT2D eigenvalue weighted by Gasteiger charge is -2.13. The molecule has 180 valence electrons. The minimum absolute atomic E-state index is 0.0124. The highest BCUT2D eigenvalue weighted by Crippen LogP contribution is 2.35. The Labute approximate surface area is 192 Å². The van der Waals surface area contributed by atoms with Crippen molar-refractivity contribution < 1.29 is 42.0 Å². The first-order chi connectivity index (χ1) is 15.7. The Hall–Kier alpha value is -3.28. The standard InChI is InChI=1S/C22H27NO9S/c1-28-15-10-19(30-3)16(20(11-15)31-4)7-8-33(26,27)13-14-5-6-18(29-2)21(9-14)32-22(25)17(23)12-24/h5-11,17,24H,12-13,23H2,1-4H3/b8-7+/t17-/m1/s1. The molecule has 1 atom stereocenters. The highest BCUT2D eigenvalue weighted by molar-refractivity contribution is 7.93. The molecule has 0 aliphatic rings. The summed E-state index contributed by atoms with van der Waals surface area (Å²) in [5, 5.41) is 10.0. The molecule has 2 aromatic rings. The molecule has 0 amide bonds. The van der Waals surface area contributed by atoms with Crippen LogP contribution in [0.25, 0.3) is 6.08 Å². The van der Waals surface area contributed by atoms with Gasteiger partial charge in [0.1, 0.15) is 23.3 Å². The maximum absolute atomic E-state index is 12.8. The van der Waals surface area contributed by atoms with Gasteiger partial charge in [0.2, 0.25) is 0 Å². The van der Waals surface area contributed by atoms with Crippen LogP contribution in [0, 0.1) is 0 Å². The summed E-state index contributed by atoms with van der Waals surface area (Å²) in [6.07, 6.45) is 1.37. The molecule has 0 aliphatic carbocycles. The van der Waals surface area contributed by atoms with E-state index in [0.29, 0.717) is 28.4 Å². The Kier molecular flexibility index (Phi) is 9.09. The highest BCUT2D eigenvalue weighted by Gasteiger charge is 2.19. The van der Waals surface area contributed by atoms with Gasteiger partial charge in [0.25, 0.3) is 0 Å². The maximum atomic E-state index is 12.8. The first-order valence-corrected chi connectivity index (χ1v) is 11.3. The number of rotatable bonds is 11. The summed E-state index contributed by atoms with van der Waals surface area (Å²) in [6.45, 7) is -0.599. The number of sulfone groups is 1. The van der Waals surface area contributed by atoms with E-state index in [4.69, 9.17) is 34.5 Å². The summed E-state index contributed by atoms with van der Waals surface area (Å²) >= 11 is 0. The van der Waals surface area contributed by atoms with E-state index in [0.717, 1.165) is 5.41 Å². The van der Waals surface area contributed by atoms with E-state index in [1.165, 1.54) is 52.7 Å². The van der Waals surface area contributed by atoms with Crippen LogP contribution in [0.3, 0.4) is 0 Å². The smallest absolute Gasteiger partial charge is 0.330 e. The molecule has 0 spiro atoms. The number of nitrogens with two attached hydrogens (primary N) is 1. The Morgan fingerprint density at radius 3 is 2.09 bits per heavy atom. The Morgan fingerprint density at radius 1 is 0.970 bits per heavy atom. The molecule has 0 aromatic heterocycles. The van der Waals surface area contributed by atoms with Gasteiger partial charge in [-0.05, 0) is 23.8 Å². The number of ether oxygens (including phenoxy) is 5.